The summed E-state index contributed by atoms with van der Waals surface area (Å²) in [5, 5.41) is 2.52. The maximum atomic E-state index is 12.6. The lowest BCUT2D eigenvalue weighted by molar-refractivity contribution is -0.119. The number of rotatable bonds is 6. The van der Waals surface area contributed by atoms with Crippen molar-refractivity contribution in [2.24, 2.45) is 0 Å². The number of carbonyl (C=O) groups excluding carboxylic acids is 2. The van der Waals surface area contributed by atoms with Crippen molar-refractivity contribution in [2.45, 2.75) is 31.6 Å². The van der Waals surface area contributed by atoms with E-state index in [0.29, 0.717) is 18.7 Å². The molecule has 1 N–H and O–H groups in total. The molecule has 1 aromatic rings. The Kier molecular flexibility index (Phi) is 5.95. The molecule has 1 aromatic carbocycles. The van der Waals surface area contributed by atoms with Gasteiger partial charge in [0.25, 0.3) is 0 Å². The molecule has 0 aliphatic carbocycles. The van der Waals surface area contributed by atoms with Gasteiger partial charge in [-0.3, -0.25) is 4.79 Å². The van der Waals surface area contributed by atoms with Gasteiger partial charge in [0.2, 0.25) is 15.9 Å². The Bertz CT molecular complexity index is 724. The Balaban J connectivity index is 2.13. The molecule has 1 heterocycles. The van der Waals surface area contributed by atoms with Crippen molar-refractivity contribution < 1.29 is 22.7 Å². The van der Waals surface area contributed by atoms with E-state index in [0.717, 1.165) is 12.8 Å². The number of ether oxygens (including phenoxy) is 1. The van der Waals surface area contributed by atoms with Crippen LogP contribution >= 0.6 is 0 Å². The van der Waals surface area contributed by atoms with Crippen LogP contribution in [0.3, 0.4) is 0 Å². The third kappa shape index (κ3) is 4.33. The normalized spacial score (nSPS) is 15.2. The highest BCUT2D eigenvalue weighted by atomic mass is 32.2. The molecular weight excluding hydrogens is 332 g/mol. The van der Waals surface area contributed by atoms with Crippen molar-refractivity contribution in [3.63, 3.8) is 0 Å². The maximum Gasteiger partial charge on any atom is 0.338 e. The fourth-order valence-electron chi connectivity index (χ4n) is 2.51. The predicted molar refractivity (Wildman–Crippen MR) is 88.1 cm³/mol. The van der Waals surface area contributed by atoms with Crippen molar-refractivity contribution in [3.8, 4) is 0 Å². The lowest BCUT2D eigenvalue weighted by Gasteiger charge is -2.16. The van der Waals surface area contributed by atoms with Gasteiger partial charge in [0.05, 0.1) is 17.0 Å². The highest BCUT2D eigenvalue weighted by Gasteiger charge is 2.28. The first-order chi connectivity index (χ1) is 11.3. The molecule has 0 bridgehead atoms. The summed E-state index contributed by atoms with van der Waals surface area (Å²) >= 11 is 0. The van der Waals surface area contributed by atoms with Gasteiger partial charge in [0.1, 0.15) is 6.61 Å². The Morgan fingerprint density at radius 1 is 1.25 bits per heavy atom. The second-order valence-electron chi connectivity index (χ2n) is 5.71. The molecule has 1 saturated heterocycles. The molecule has 1 aliphatic rings. The van der Waals surface area contributed by atoms with Crippen LogP contribution < -0.4 is 5.32 Å². The van der Waals surface area contributed by atoms with E-state index in [1.165, 1.54) is 23.4 Å². The Hall–Kier alpha value is -1.93. The molecule has 24 heavy (non-hydrogen) atoms. The van der Waals surface area contributed by atoms with E-state index < -0.39 is 16.0 Å². The highest BCUT2D eigenvalue weighted by molar-refractivity contribution is 7.89. The summed E-state index contributed by atoms with van der Waals surface area (Å²) in [5.74, 6) is -0.808. The van der Waals surface area contributed by atoms with Crippen LogP contribution in [0, 0.1) is 6.92 Å². The first-order valence-corrected chi connectivity index (χ1v) is 9.29. The molecule has 1 aliphatic heterocycles. The summed E-state index contributed by atoms with van der Waals surface area (Å²) < 4.78 is 31.7. The standard InChI is InChI=1S/C16H22N2O5S/c1-12-5-6-14(24(21,22)18-8-3-4-9-18)11-15(12)16(20)23-10-7-17-13(2)19/h5-6,11H,3-4,7-10H2,1-2H3,(H,17,19). The SMILES string of the molecule is CC(=O)NCCOC(=O)c1cc(S(=O)(=O)N2CCCC2)ccc1C. The molecular formula is C16H22N2O5S. The van der Waals surface area contributed by atoms with Crippen molar-refractivity contribution in [3.05, 3.63) is 29.3 Å². The molecule has 0 spiro atoms. The number of nitrogens with one attached hydrogen (secondary N) is 1. The number of esters is 1. The summed E-state index contributed by atoms with van der Waals surface area (Å²) in [5.41, 5.74) is 0.859. The fraction of sp³-hybridized carbons (Fsp3) is 0.500. The van der Waals surface area contributed by atoms with E-state index >= 15 is 0 Å². The summed E-state index contributed by atoms with van der Waals surface area (Å²) in [6.07, 6.45) is 1.70. The second kappa shape index (κ2) is 7.76. The van der Waals surface area contributed by atoms with E-state index in [2.05, 4.69) is 5.32 Å². The molecule has 0 atom stereocenters. The van der Waals surface area contributed by atoms with Crippen LogP contribution in [-0.4, -0.2) is 50.8 Å². The lowest BCUT2D eigenvalue weighted by atomic mass is 10.1. The van der Waals surface area contributed by atoms with E-state index in [4.69, 9.17) is 4.74 Å². The minimum atomic E-state index is -3.58. The molecule has 2 rings (SSSR count). The van der Waals surface area contributed by atoms with Gasteiger partial charge in [-0.2, -0.15) is 4.31 Å². The molecule has 0 radical (unpaired) electrons. The Morgan fingerprint density at radius 2 is 1.92 bits per heavy atom. The third-order valence-corrected chi connectivity index (χ3v) is 5.74. The van der Waals surface area contributed by atoms with Crippen LogP contribution in [0.5, 0.6) is 0 Å². The van der Waals surface area contributed by atoms with E-state index in [-0.39, 0.29) is 29.5 Å². The van der Waals surface area contributed by atoms with Gasteiger partial charge in [-0.05, 0) is 37.5 Å². The van der Waals surface area contributed by atoms with Gasteiger partial charge in [-0.1, -0.05) is 6.07 Å². The number of hydrogen-bond donors (Lipinski definition) is 1. The van der Waals surface area contributed by atoms with E-state index in [1.54, 1.807) is 13.0 Å². The number of hydrogen-bond acceptors (Lipinski definition) is 5. The van der Waals surface area contributed by atoms with Crippen LogP contribution in [0.2, 0.25) is 0 Å². The first kappa shape index (κ1) is 18.4. The number of carbonyl (C=O) groups is 2. The van der Waals surface area contributed by atoms with Gasteiger partial charge >= 0.3 is 5.97 Å². The van der Waals surface area contributed by atoms with Crippen molar-refractivity contribution in [1.29, 1.82) is 0 Å². The topological polar surface area (TPSA) is 92.8 Å². The summed E-state index contributed by atoms with van der Waals surface area (Å²) in [6.45, 7) is 4.35. The maximum absolute atomic E-state index is 12.6. The average molecular weight is 354 g/mol. The monoisotopic (exact) mass is 354 g/mol. The van der Waals surface area contributed by atoms with Crippen LogP contribution in [0.15, 0.2) is 23.1 Å². The van der Waals surface area contributed by atoms with Crippen LogP contribution in [0.1, 0.15) is 35.7 Å². The van der Waals surface area contributed by atoms with Gasteiger partial charge in [0.15, 0.2) is 0 Å². The zero-order valence-electron chi connectivity index (χ0n) is 13.9. The van der Waals surface area contributed by atoms with Crippen LogP contribution in [0.4, 0.5) is 0 Å². The Morgan fingerprint density at radius 3 is 2.54 bits per heavy atom. The van der Waals surface area contributed by atoms with Gasteiger partial charge in [-0.25, -0.2) is 13.2 Å². The summed E-state index contributed by atoms with van der Waals surface area (Å²) in [7, 11) is -3.58. The lowest BCUT2D eigenvalue weighted by Crippen LogP contribution is -2.28. The molecule has 8 heteroatoms. The summed E-state index contributed by atoms with van der Waals surface area (Å²) in [6, 6.07) is 4.48. The van der Waals surface area contributed by atoms with Gasteiger partial charge in [-0.15, -0.1) is 0 Å². The number of sulfonamides is 1. The van der Waals surface area contributed by atoms with Gasteiger partial charge in [0, 0.05) is 20.0 Å². The third-order valence-electron chi connectivity index (χ3n) is 3.84. The summed E-state index contributed by atoms with van der Waals surface area (Å²) in [4.78, 5) is 23.0. The molecule has 0 aromatic heterocycles. The molecule has 0 unspecified atom stereocenters. The molecule has 1 fully saturated rings. The smallest absolute Gasteiger partial charge is 0.338 e. The molecule has 132 valence electrons. The molecule has 0 saturated carbocycles. The van der Waals surface area contributed by atoms with Crippen LogP contribution in [0.25, 0.3) is 0 Å². The fourth-order valence-corrected chi connectivity index (χ4v) is 4.05. The molecule has 7 nitrogen and oxygen atoms in total. The molecule has 1 amide bonds. The minimum absolute atomic E-state index is 0.0287. The second-order valence-corrected chi connectivity index (χ2v) is 7.64. The van der Waals surface area contributed by atoms with E-state index in [9.17, 15) is 18.0 Å². The van der Waals surface area contributed by atoms with Crippen molar-refractivity contribution in [1.82, 2.24) is 9.62 Å². The number of benzene rings is 1. The largest absolute Gasteiger partial charge is 0.460 e. The number of amides is 1. The Labute approximate surface area is 142 Å². The van der Waals surface area contributed by atoms with Crippen molar-refractivity contribution in [2.75, 3.05) is 26.2 Å². The van der Waals surface area contributed by atoms with Crippen LogP contribution in [-0.2, 0) is 19.6 Å². The van der Waals surface area contributed by atoms with Crippen molar-refractivity contribution >= 4 is 21.9 Å². The van der Waals surface area contributed by atoms with Gasteiger partial charge < -0.3 is 10.1 Å². The highest BCUT2D eigenvalue weighted by Crippen LogP contribution is 2.23. The quantitative estimate of drug-likeness (QED) is 0.609. The predicted octanol–water partition coefficient (Wildman–Crippen LogP) is 1.07. The van der Waals surface area contributed by atoms with E-state index in [1.807, 2.05) is 0 Å². The number of nitrogens with zero attached hydrogens (tertiary/aromatic N) is 1. The number of aryl methyl sites for hydroxylation is 1. The zero-order chi connectivity index (χ0) is 17.7. The average Bonchev–Trinajstić information content (AvgIpc) is 3.06. The minimum Gasteiger partial charge on any atom is -0.460 e. The zero-order valence-corrected chi connectivity index (χ0v) is 14.7. The first-order valence-electron chi connectivity index (χ1n) is 7.85.